The number of carbonyl (C=O) groups is 1. The maximum absolute atomic E-state index is 12.1. The van der Waals surface area contributed by atoms with Crippen molar-refractivity contribution in [3.8, 4) is 5.75 Å². The molecule has 0 aliphatic heterocycles. The highest BCUT2D eigenvalue weighted by atomic mass is 32.1. The fraction of sp³-hybridized carbons (Fsp3) is 0.312. The number of amides is 1. The number of ether oxygens (including phenoxy) is 1. The SMILES string of the molecule is CCOc1ccc(C(=O)NCc2ccc(C)s2)cc1C. The Morgan fingerprint density at radius 3 is 2.65 bits per heavy atom. The van der Waals surface area contributed by atoms with Crippen molar-refractivity contribution < 1.29 is 9.53 Å². The van der Waals surface area contributed by atoms with Gasteiger partial charge in [-0.25, -0.2) is 0 Å². The first-order valence-electron chi connectivity index (χ1n) is 6.67. The van der Waals surface area contributed by atoms with Gasteiger partial charge in [-0.15, -0.1) is 11.3 Å². The van der Waals surface area contributed by atoms with Crippen LogP contribution in [-0.4, -0.2) is 12.5 Å². The Morgan fingerprint density at radius 1 is 1.25 bits per heavy atom. The first kappa shape index (κ1) is 14.6. The van der Waals surface area contributed by atoms with Crippen molar-refractivity contribution in [3.63, 3.8) is 0 Å². The molecule has 0 fully saturated rings. The Labute approximate surface area is 123 Å². The van der Waals surface area contributed by atoms with Crippen LogP contribution in [0.5, 0.6) is 5.75 Å². The van der Waals surface area contributed by atoms with Gasteiger partial charge >= 0.3 is 0 Å². The lowest BCUT2D eigenvalue weighted by molar-refractivity contribution is 0.0951. The molecular weight excluding hydrogens is 270 g/mol. The second-order valence-corrected chi connectivity index (χ2v) is 5.98. The molecule has 2 rings (SSSR count). The molecule has 0 atom stereocenters. The van der Waals surface area contributed by atoms with Crippen molar-refractivity contribution in [2.45, 2.75) is 27.3 Å². The summed E-state index contributed by atoms with van der Waals surface area (Å²) in [7, 11) is 0. The van der Waals surface area contributed by atoms with Crippen molar-refractivity contribution in [1.82, 2.24) is 5.32 Å². The monoisotopic (exact) mass is 289 g/mol. The highest BCUT2D eigenvalue weighted by molar-refractivity contribution is 7.11. The van der Waals surface area contributed by atoms with Gasteiger partial charge in [0, 0.05) is 15.3 Å². The minimum atomic E-state index is -0.0535. The summed E-state index contributed by atoms with van der Waals surface area (Å²) >= 11 is 1.70. The zero-order valence-electron chi connectivity index (χ0n) is 12.0. The largest absolute Gasteiger partial charge is 0.494 e. The number of rotatable bonds is 5. The molecule has 4 heteroatoms. The zero-order valence-corrected chi connectivity index (χ0v) is 12.8. The van der Waals surface area contributed by atoms with Crippen molar-refractivity contribution in [1.29, 1.82) is 0 Å². The number of thiophene rings is 1. The normalized spacial score (nSPS) is 10.3. The molecule has 1 aromatic carbocycles. The van der Waals surface area contributed by atoms with E-state index in [0.29, 0.717) is 18.7 Å². The number of carbonyl (C=O) groups excluding carboxylic acids is 1. The van der Waals surface area contributed by atoms with E-state index in [1.807, 2.05) is 32.0 Å². The fourth-order valence-corrected chi connectivity index (χ4v) is 2.79. The number of aryl methyl sites for hydroxylation is 2. The smallest absolute Gasteiger partial charge is 0.251 e. The molecule has 2 aromatic rings. The Kier molecular flexibility index (Phi) is 4.79. The minimum absolute atomic E-state index is 0.0535. The standard InChI is InChI=1S/C16H19NO2S/c1-4-19-15-8-6-13(9-11(15)2)16(18)17-10-14-7-5-12(3)20-14/h5-9H,4,10H2,1-3H3,(H,17,18). The molecule has 0 bridgehead atoms. The topological polar surface area (TPSA) is 38.3 Å². The van der Waals surface area contributed by atoms with Crippen molar-refractivity contribution in [2.24, 2.45) is 0 Å². The predicted octanol–water partition coefficient (Wildman–Crippen LogP) is 3.69. The average molecular weight is 289 g/mol. The summed E-state index contributed by atoms with van der Waals surface area (Å²) in [5.41, 5.74) is 1.64. The van der Waals surface area contributed by atoms with Gasteiger partial charge in [0.15, 0.2) is 0 Å². The van der Waals surface area contributed by atoms with E-state index in [2.05, 4.69) is 18.3 Å². The molecule has 0 aliphatic carbocycles. The number of hydrogen-bond donors (Lipinski definition) is 1. The molecule has 0 saturated carbocycles. The minimum Gasteiger partial charge on any atom is -0.494 e. The maximum atomic E-state index is 12.1. The first-order valence-corrected chi connectivity index (χ1v) is 7.48. The number of benzene rings is 1. The summed E-state index contributed by atoms with van der Waals surface area (Å²) in [5, 5.41) is 2.94. The molecular formula is C16H19NO2S. The van der Waals surface area contributed by atoms with E-state index in [1.54, 1.807) is 17.4 Å². The van der Waals surface area contributed by atoms with E-state index in [4.69, 9.17) is 4.74 Å². The van der Waals surface area contributed by atoms with Gasteiger partial charge in [-0.05, 0) is 56.7 Å². The lowest BCUT2D eigenvalue weighted by atomic mass is 10.1. The molecule has 1 amide bonds. The van der Waals surface area contributed by atoms with Crippen LogP contribution in [0.1, 0.15) is 32.6 Å². The van der Waals surface area contributed by atoms with Crippen molar-refractivity contribution >= 4 is 17.2 Å². The lowest BCUT2D eigenvalue weighted by Crippen LogP contribution is -2.22. The van der Waals surface area contributed by atoms with Gasteiger partial charge in [0.25, 0.3) is 5.91 Å². The quantitative estimate of drug-likeness (QED) is 0.911. The van der Waals surface area contributed by atoms with Crippen LogP contribution in [0.4, 0.5) is 0 Å². The number of hydrogen-bond acceptors (Lipinski definition) is 3. The van der Waals surface area contributed by atoms with Crippen molar-refractivity contribution in [2.75, 3.05) is 6.61 Å². The summed E-state index contributed by atoms with van der Waals surface area (Å²) < 4.78 is 5.47. The highest BCUT2D eigenvalue weighted by Gasteiger charge is 2.08. The van der Waals surface area contributed by atoms with Crippen LogP contribution in [0.15, 0.2) is 30.3 Å². The van der Waals surface area contributed by atoms with Gasteiger partial charge in [-0.1, -0.05) is 0 Å². The summed E-state index contributed by atoms with van der Waals surface area (Å²) in [6.45, 7) is 7.16. The molecule has 0 radical (unpaired) electrons. The maximum Gasteiger partial charge on any atom is 0.251 e. The van der Waals surface area contributed by atoms with Gasteiger partial charge in [0.05, 0.1) is 13.2 Å². The van der Waals surface area contributed by atoms with E-state index in [1.165, 1.54) is 9.75 Å². The highest BCUT2D eigenvalue weighted by Crippen LogP contribution is 2.19. The van der Waals surface area contributed by atoms with Crippen LogP contribution >= 0.6 is 11.3 Å². The molecule has 3 nitrogen and oxygen atoms in total. The predicted molar refractivity (Wildman–Crippen MR) is 82.6 cm³/mol. The molecule has 1 heterocycles. The average Bonchev–Trinajstić information content (AvgIpc) is 2.84. The van der Waals surface area contributed by atoms with E-state index in [-0.39, 0.29) is 5.91 Å². The molecule has 0 aliphatic rings. The third kappa shape index (κ3) is 3.61. The summed E-state index contributed by atoms with van der Waals surface area (Å²) in [6.07, 6.45) is 0. The Morgan fingerprint density at radius 2 is 2.05 bits per heavy atom. The van der Waals surface area contributed by atoms with Crippen LogP contribution in [0.25, 0.3) is 0 Å². The summed E-state index contributed by atoms with van der Waals surface area (Å²) in [6, 6.07) is 9.62. The Balaban J connectivity index is 2.00. The van der Waals surface area contributed by atoms with Gasteiger partial charge in [-0.3, -0.25) is 4.79 Å². The molecule has 1 N–H and O–H groups in total. The van der Waals surface area contributed by atoms with Crippen LogP contribution in [-0.2, 0) is 6.54 Å². The summed E-state index contributed by atoms with van der Waals surface area (Å²) in [5.74, 6) is 0.778. The Hall–Kier alpha value is -1.81. The summed E-state index contributed by atoms with van der Waals surface area (Å²) in [4.78, 5) is 14.5. The molecule has 20 heavy (non-hydrogen) atoms. The van der Waals surface area contributed by atoms with Gasteiger partial charge in [0.1, 0.15) is 5.75 Å². The molecule has 0 spiro atoms. The van der Waals surface area contributed by atoms with E-state index >= 15 is 0 Å². The van der Waals surface area contributed by atoms with E-state index in [0.717, 1.165) is 11.3 Å². The zero-order chi connectivity index (χ0) is 14.5. The molecule has 0 saturated heterocycles. The van der Waals surface area contributed by atoms with Gasteiger partial charge in [0.2, 0.25) is 0 Å². The van der Waals surface area contributed by atoms with Crippen LogP contribution in [0.2, 0.25) is 0 Å². The molecule has 1 aromatic heterocycles. The lowest BCUT2D eigenvalue weighted by Gasteiger charge is -2.09. The van der Waals surface area contributed by atoms with E-state index < -0.39 is 0 Å². The first-order chi connectivity index (χ1) is 9.60. The third-order valence-corrected chi connectivity index (χ3v) is 3.96. The van der Waals surface area contributed by atoms with Crippen LogP contribution < -0.4 is 10.1 Å². The second-order valence-electron chi connectivity index (χ2n) is 4.61. The molecule has 0 unspecified atom stereocenters. The molecule has 106 valence electrons. The fourth-order valence-electron chi connectivity index (χ4n) is 1.96. The van der Waals surface area contributed by atoms with Crippen LogP contribution in [0, 0.1) is 13.8 Å². The number of nitrogens with one attached hydrogen (secondary N) is 1. The van der Waals surface area contributed by atoms with Gasteiger partial charge in [-0.2, -0.15) is 0 Å². The van der Waals surface area contributed by atoms with Crippen molar-refractivity contribution in [3.05, 3.63) is 51.2 Å². The van der Waals surface area contributed by atoms with Gasteiger partial charge < -0.3 is 10.1 Å². The Bertz CT molecular complexity index is 604. The third-order valence-electron chi connectivity index (χ3n) is 2.96. The second kappa shape index (κ2) is 6.57. The van der Waals surface area contributed by atoms with E-state index in [9.17, 15) is 4.79 Å². The van der Waals surface area contributed by atoms with Crippen LogP contribution in [0.3, 0.4) is 0 Å².